The summed E-state index contributed by atoms with van der Waals surface area (Å²) in [5.74, 6) is 2.04. The van der Waals surface area contributed by atoms with Crippen molar-refractivity contribution in [1.29, 1.82) is 0 Å². The van der Waals surface area contributed by atoms with Gasteiger partial charge in [-0.2, -0.15) is 13.2 Å². The van der Waals surface area contributed by atoms with Crippen LogP contribution in [0, 0.1) is 12.3 Å². The predicted molar refractivity (Wildman–Crippen MR) is 64.3 cm³/mol. The zero-order valence-corrected chi connectivity index (χ0v) is 10.1. The van der Waals surface area contributed by atoms with Crippen LogP contribution in [0.2, 0.25) is 0 Å². The average Bonchev–Trinajstić information content (AvgIpc) is 2.37. The number of nitrogens with one attached hydrogen (secondary N) is 1. The molecule has 0 atom stereocenters. The van der Waals surface area contributed by atoms with Crippen molar-refractivity contribution in [2.24, 2.45) is 0 Å². The molecular formula is C13H13F3N2O. The zero-order valence-electron chi connectivity index (χ0n) is 10.1. The van der Waals surface area contributed by atoms with Crippen molar-refractivity contribution < 1.29 is 18.0 Å². The molecule has 19 heavy (non-hydrogen) atoms. The highest BCUT2D eigenvalue weighted by molar-refractivity contribution is 5.93. The third-order valence-electron chi connectivity index (χ3n) is 2.35. The van der Waals surface area contributed by atoms with Gasteiger partial charge < -0.3 is 5.32 Å². The molecule has 1 aromatic rings. The quantitative estimate of drug-likeness (QED) is 0.660. The summed E-state index contributed by atoms with van der Waals surface area (Å²) in [6, 6.07) is 1.89. The minimum atomic E-state index is -4.50. The number of amides is 1. The highest BCUT2D eigenvalue weighted by Gasteiger charge is 2.32. The van der Waals surface area contributed by atoms with E-state index in [9.17, 15) is 18.0 Å². The lowest BCUT2D eigenvalue weighted by Crippen LogP contribution is -2.24. The molecule has 0 spiro atoms. The fourth-order valence-corrected chi connectivity index (χ4v) is 1.35. The molecule has 102 valence electrons. The molecule has 0 saturated carbocycles. The number of carbonyl (C=O) groups excluding carboxylic acids is 1. The van der Waals surface area contributed by atoms with Crippen molar-refractivity contribution in [3.63, 3.8) is 0 Å². The summed E-state index contributed by atoms with van der Waals surface area (Å²) in [5, 5.41) is 2.59. The molecule has 0 saturated heterocycles. The van der Waals surface area contributed by atoms with Crippen LogP contribution in [0.25, 0.3) is 0 Å². The normalized spacial score (nSPS) is 10.8. The lowest BCUT2D eigenvalue weighted by atomic mass is 10.2. The number of hydrogen-bond donors (Lipinski definition) is 1. The van der Waals surface area contributed by atoms with Gasteiger partial charge in [-0.25, -0.2) is 0 Å². The molecule has 0 aliphatic rings. The second kappa shape index (κ2) is 6.78. The number of nitrogens with zero attached hydrogens (tertiary/aromatic N) is 1. The molecule has 0 aliphatic heterocycles. The van der Waals surface area contributed by atoms with Crippen molar-refractivity contribution in [3.05, 3.63) is 29.6 Å². The Hall–Kier alpha value is -2.03. The van der Waals surface area contributed by atoms with E-state index < -0.39 is 17.8 Å². The van der Waals surface area contributed by atoms with Crippen LogP contribution in [-0.2, 0) is 6.18 Å². The van der Waals surface area contributed by atoms with Gasteiger partial charge in [0.1, 0.15) is 5.69 Å². The SMILES string of the molecule is C#CCCCCNC(=O)c1ccc(C(F)(F)F)nc1. The molecule has 1 amide bonds. The fourth-order valence-electron chi connectivity index (χ4n) is 1.35. The monoisotopic (exact) mass is 270 g/mol. The fraction of sp³-hybridized carbons (Fsp3) is 0.385. The molecule has 0 aliphatic carbocycles. The summed E-state index contributed by atoms with van der Waals surface area (Å²) in [5.41, 5.74) is -0.914. The number of hydrogen-bond acceptors (Lipinski definition) is 2. The number of carbonyl (C=O) groups is 1. The van der Waals surface area contributed by atoms with Crippen LogP contribution in [0.3, 0.4) is 0 Å². The van der Waals surface area contributed by atoms with Crippen LogP contribution < -0.4 is 5.32 Å². The van der Waals surface area contributed by atoms with Crippen molar-refractivity contribution in [2.45, 2.75) is 25.4 Å². The van der Waals surface area contributed by atoms with E-state index in [-0.39, 0.29) is 5.56 Å². The predicted octanol–water partition coefficient (Wildman–Crippen LogP) is 2.63. The molecule has 0 unspecified atom stereocenters. The second-order valence-electron chi connectivity index (χ2n) is 3.85. The Bertz CT molecular complexity index is 460. The van der Waals surface area contributed by atoms with Gasteiger partial charge in [-0.15, -0.1) is 12.3 Å². The van der Waals surface area contributed by atoms with Gasteiger partial charge in [0.2, 0.25) is 0 Å². The van der Waals surface area contributed by atoms with Crippen LogP contribution in [0.1, 0.15) is 35.3 Å². The van der Waals surface area contributed by atoms with Crippen molar-refractivity contribution in [1.82, 2.24) is 10.3 Å². The number of rotatable bonds is 5. The topological polar surface area (TPSA) is 42.0 Å². The molecule has 0 radical (unpaired) electrons. The summed E-state index contributed by atoms with van der Waals surface area (Å²) in [6.07, 6.45) is 3.65. The minimum Gasteiger partial charge on any atom is -0.352 e. The molecule has 6 heteroatoms. The number of terminal acetylenes is 1. The van der Waals surface area contributed by atoms with Gasteiger partial charge in [0.15, 0.2) is 0 Å². The first kappa shape index (κ1) is 15.0. The van der Waals surface area contributed by atoms with E-state index in [1.54, 1.807) is 0 Å². The van der Waals surface area contributed by atoms with Crippen molar-refractivity contribution in [2.75, 3.05) is 6.54 Å². The molecule has 1 aromatic heterocycles. The smallest absolute Gasteiger partial charge is 0.352 e. The second-order valence-corrected chi connectivity index (χ2v) is 3.85. The van der Waals surface area contributed by atoms with Crippen LogP contribution in [-0.4, -0.2) is 17.4 Å². The summed E-state index contributed by atoms with van der Waals surface area (Å²) in [7, 11) is 0. The Kier molecular flexibility index (Phi) is 5.37. The molecule has 0 fully saturated rings. The Labute approximate surface area is 109 Å². The van der Waals surface area contributed by atoms with Crippen LogP contribution >= 0.6 is 0 Å². The highest BCUT2D eigenvalue weighted by Crippen LogP contribution is 2.27. The third kappa shape index (κ3) is 5.00. The van der Waals surface area contributed by atoms with Gasteiger partial charge >= 0.3 is 6.18 Å². The molecular weight excluding hydrogens is 257 g/mol. The number of unbranched alkanes of at least 4 members (excludes halogenated alkanes) is 2. The first-order chi connectivity index (χ1) is 8.95. The first-order valence-corrected chi connectivity index (χ1v) is 5.70. The van der Waals surface area contributed by atoms with Gasteiger partial charge in [0.05, 0.1) is 5.56 Å². The van der Waals surface area contributed by atoms with Gasteiger partial charge in [-0.05, 0) is 25.0 Å². The summed E-state index contributed by atoms with van der Waals surface area (Å²) in [6.45, 7) is 0.432. The van der Waals surface area contributed by atoms with Gasteiger partial charge in [0, 0.05) is 19.2 Å². The van der Waals surface area contributed by atoms with E-state index in [1.807, 2.05) is 0 Å². The number of alkyl halides is 3. The minimum absolute atomic E-state index is 0.102. The number of halogens is 3. The van der Waals surface area contributed by atoms with Crippen molar-refractivity contribution in [3.8, 4) is 12.3 Å². The van der Waals surface area contributed by atoms with Crippen LogP contribution in [0.4, 0.5) is 13.2 Å². The molecule has 1 rings (SSSR count). The van der Waals surface area contributed by atoms with E-state index in [1.165, 1.54) is 0 Å². The van der Waals surface area contributed by atoms with Gasteiger partial charge in [0.25, 0.3) is 5.91 Å². The maximum absolute atomic E-state index is 12.3. The first-order valence-electron chi connectivity index (χ1n) is 5.70. The van der Waals surface area contributed by atoms with E-state index >= 15 is 0 Å². The summed E-state index contributed by atoms with van der Waals surface area (Å²) in [4.78, 5) is 14.8. The molecule has 0 bridgehead atoms. The maximum atomic E-state index is 12.3. The summed E-state index contributed by atoms with van der Waals surface area (Å²) >= 11 is 0. The molecule has 0 aromatic carbocycles. The van der Waals surface area contributed by atoms with Gasteiger partial charge in [-0.3, -0.25) is 9.78 Å². The van der Waals surface area contributed by atoms with E-state index in [0.29, 0.717) is 13.0 Å². The Morgan fingerprint density at radius 3 is 2.63 bits per heavy atom. The molecule has 3 nitrogen and oxygen atoms in total. The summed E-state index contributed by atoms with van der Waals surface area (Å²) < 4.78 is 36.8. The average molecular weight is 270 g/mol. The number of pyridine rings is 1. The lowest BCUT2D eigenvalue weighted by Gasteiger charge is -2.07. The standard InChI is InChI=1S/C13H13F3N2O/c1-2-3-4-5-8-17-12(19)10-6-7-11(18-9-10)13(14,15)16/h1,6-7,9H,3-5,8H2,(H,17,19). The molecule has 1 heterocycles. The highest BCUT2D eigenvalue weighted by atomic mass is 19.4. The third-order valence-corrected chi connectivity index (χ3v) is 2.35. The van der Waals surface area contributed by atoms with Crippen LogP contribution in [0.5, 0.6) is 0 Å². The molecule has 1 N–H and O–H groups in total. The van der Waals surface area contributed by atoms with Crippen LogP contribution in [0.15, 0.2) is 18.3 Å². The van der Waals surface area contributed by atoms with Crippen molar-refractivity contribution >= 4 is 5.91 Å². The van der Waals surface area contributed by atoms with Gasteiger partial charge in [-0.1, -0.05) is 0 Å². The van der Waals surface area contributed by atoms with E-state index in [4.69, 9.17) is 6.42 Å². The Morgan fingerprint density at radius 1 is 1.37 bits per heavy atom. The number of aromatic nitrogens is 1. The van der Waals surface area contributed by atoms with E-state index in [0.717, 1.165) is 31.2 Å². The maximum Gasteiger partial charge on any atom is 0.433 e. The Balaban J connectivity index is 2.48. The largest absolute Gasteiger partial charge is 0.433 e. The Morgan fingerprint density at radius 2 is 2.11 bits per heavy atom. The zero-order chi connectivity index (χ0) is 14.3. The van der Waals surface area contributed by atoms with E-state index in [2.05, 4.69) is 16.2 Å². The lowest BCUT2D eigenvalue weighted by molar-refractivity contribution is -0.141.